The quantitative estimate of drug-likeness (QED) is 0.380. The summed E-state index contributed by atoms with van der Waals surface area (Å²) in [4.78, 5) is 26.7. The number of imide groups is 1. The first-order chi connectivity index (χ1) is 15.5. The predicted molar refractivity (Wildman–Crippen MR) is 125 cm³/mol. The Kier molecular flexibility index (Phi) is 6.93. The number of ether oxygens (including phenoxy) is 1. The zero-order valence-corrected chi connectivity index (χ0v) is 18.5. The van der Waals surface area contributed by atoms with Gasteiger partial charge in [0.2, 0.25) is 0 Å². The van der Waals surface area contributed by atoms with Gasteiger partial charge in [-0.3, -0.25) is 14.5 Å². The molecular formula is C25H19ClFNO3S. The van der Waals surface area contributed by atoms with Crippen molar-refractivity contribution in [2.75, 3.05) is 6.54 Å². The Hall–Kier alpha value is -3.09. The van der Waals surface area contributed by atoms with E-state index in [1.807, 2.05) is 30.3 Å². The number of carbonyl (C=O) groups is 2. The molecule has 3 aromatic carbocycles. The Morgan fingerprint density at radius 1 is 1.00 bits per heavy atom. The summed E-state index contributed by atoms with van der Waals surface area (Å²) < 4.78 is 19.6. The van der Waals surface area contributed by atoms with Crippen LogP contribution in [0.5, 0.6) is 5.75 Å². The van der Waals surface area contributed by atoms with Gasteiger partial charge in [0.05, 0.1) is 9.93 Å². The highest BCUT2D eigenvalue weighted by Gasteiger charge is 2.34. The molecule has 2 amide bonds. The maximum atomic E-state index is 13.9. The number of carbonyl (C=O) groups excluding carboxylic acids is 2. The van der Waals surface area contributed by atoms with E-state index in [0.29, 0.717) is 34.2 Å². The molecule has 0 aromatic heterocycles. The van der Waals surface area contributed by atoms with E-state index < -0.39 is 5.82 Å². The van der Waals surface area contributed by atoms with Gasteiger partial charge in [-0.1, -0.05) is 60.1 Å². The van der Waals surface area contributed by atoms with Gasteiger partial charge < -0.3 is 4.74 Å². The highest BCUT2D eigenvalue weighted by molar-refractivity contribution is 8.18. The molecule has 1 aliphatic rings. The average Bonchev–Trinajstić information content (AvgIpc) is 3.05. The minimum absolute atomic E-state index is 0.0229. The fraction of sp³-hybridized carbons (Fsp3) is 0.120. The molecule has 0 unspecified atom stereocenters. The summed E-state index contributed by atoms with van der Waals surface area (Å²) in [5.74, 6) is -0.236. The van der Waals surface area contributed by atoms with E-state index in [1.165, 1.54) is 17.0 Å². The van der Waals surface area contributed by atoms with Crippen LogP contribution in [-0.2, 0) is 17.8 Å². The summed E-state index contributed by atoms with van der Waals surface area (Å²) in [6.07, 6.45) is 2.27. The van der Waals surface area contributed by atoms with Crippen LogP contribution in [-0.4, -0.2) is 22.6 Å². The summed E-state index contributed by atoms with van der Waals surface area (Å²) in [7, 11) is 0. The maximum absolute atomic E-state index is 13.9. The van der Waals surface area contributed by atoms with Crippen molar-refractivity contribution >= 4 is 40.6 Å². The third kappa shape index (κ3) is 5.21. The molecule has 0 aliphatic carbocycles. The molecule has 32 heavy (non-hydrogen) atoms. The van der Waals surface area contributed by atoms with Gasteiger partial charge >= 0.3 is 0 Å². The molecule has 3 aromatic rings. The van der Waals surface area contributed by atoms with E-state index in [1.54, 1.807) is 36.4 Å². The van der Waals surface area contributed by atoms with Crippen LogP contribution in [0.25, 0.3) is 6.08 Å². The molecule has 0 atom stereocenters. The van der Waals surface area contributed by atoms with Crippen molar-refractivity contribution < 1.29 is 18.7 Å². The van der Waals surface area contributed by atoms with Crippen LogP contribution in [0.2, 0.25) is 5.02 Å². The molecule has 0 bridgehead atoms. The Balaban J connectivity index is 1.43. The van der Waals surface area contributed by atoms with E-state index in [9.17, 15) is 14.0 Å². The number of benzene rings is 3. The van der Waals surface area contributed by atoms with Crippen molar-refractivity contribution in [3.8, 4) is 5.75 Å². The summed E-state index contributed by atoms with van der Waals surface area (Å²) in [5, 5.41) is 0.0177. The Morgan fingerprint density at radius 2 is 1.78 bits per heavy atom. The zero-order valence-electron chi connectivity index (χ0n) is 17.0. The normalized spacial score (nSPS) is 14.9. The Morgan fingerprint density at radius 3 is 2.56 bits per heavy atom. The van der Waals surface area contributed by atoms with E-state index >= 15 is 0 Å². The zero-order chi connectivity index (χ0) is 22.5. The third-order valence-electron chi connectivity index (χ3n) is 4.94. The van der Waals surface area contributed by atoms with Crippen LogP contribution >= 0.6 is 23.4 Å². The highest BCUT2D eigenvalue weighted by atomic mass is 35.5. The van der Waals surface area contributed by atoms with E-state index in [4.69, 9.17) is 16.3 Å². The van der Waals surface area contributed by atoms with Gasteiger partial charge in [-0.2, -0.15) is 0 Å². The van der Waals surface area contributed by atoms with E-state index in [-0.39, 0.29) is 23.3 Å². The number of thioether (sulfide) groups is 1. The molecule has 1 heterocycles. The van der Waals surface area contributed by atoms with Crippen molar-refractivity contribution in [1.82, 2.24) is 4.90 Å². The first kappa shape index (κ1) is 22.1. The van der Waals surface area contributed by atoms with Gasteiger partial charge in [0, 0.05) is 12.1 Å². The van der Waals surface area contributed by atoms with Gasteiger partial charge in [0.25, 0.3) is 11.1 Å². The predicted octanol–water partition coefficient (Wildman–Crippen LogP) is 6.34. The van der Waals surface area contributed by atoms with Gasteiger partial charge in [-0.25, -0.2) is 4.39 Å². The van der Waals surface area contributed by atoms with Crippen molar-refractivity contribution in [3.63, 3.8) is 0 Å². The molecule has 1 saturated heterocycles. The lowest BCUT2D eigenvalue weighted by Gasteiger charge is -2.12. The molecule has 0 spiro atoms. The van der Waals surface area contributed by atoms with Crippen LogP contribution in [0.1, 0.15) is 16.7 Å². The van der Waals surface area contributed by atoms with Crippen LogP contribution in [0.15, 0.2) is 77.7 Å². The average molecular weight is 468 g/mol. The molecule has 4 nitrogen and oxygen atoms in total. The second kappa shape index (κ2) is 10.0. The van der Waals surface area contributed by atoms with Crippen molar-refractivity contribution in [1.29, 1.82) is 0 Å². The number of hydrogen-bond donors (Lipinski definition) is 0. The fourth-order valence-electron chi connectivity index (χ4n) is 3.25. The number of halogens is 2. The second-order valence-electron chi connectivity index (χ2n) is 7.13. The highest BCUT2D eigenvalue weighted by Crippen LogP contribution is 2.33. The monoisotopic (exact) mass is 467 g/mol. The molecule has 1 aliphatic heterocycles. The van der Waals surface area contributed by atoms with Crippen LogP contribution in [0.4, 0.5) is 9.18 Å². The lowest BCUT2D eigenvalue weighted by Crippen LogP contribution is -2.30. The van der Waals surface area contributed by atoms with E-state index in [0.717, 1.165) is 17.3 Å². The lowest BCUT2D eigenvalue weighted by molar-refractivity contribution is -0.122. The minimum Gasteiger partial charge on any atom is -0.489 e. The molecule has 162 valence electrons. The third-order valence-corrected chi connectivity index (χ3v) is 6.20. The summed E-state index contributed by atoms with van der Waals surface area (Å²) in [5.41, 5.74) is 2.05. The Bertz CT molecular complexity index is 1160. The number of amides is 2. The van der Waals surface area contributed by atoms with Crippen LogP contribution in [0.3, 0.4) is 0 Å². The number of hydrogen-bond acceptors (Lipinski definition) is 4. The summed E-state index contributed by atoms with van der Waals surface area (Å²) >= 11 is 6.96. The largest absolute Gasteiger partial charge is 0.489 e. The first-order valence-electron chi connectivity index (χ1n) is 9.96. The topological polar surface area (TPSA) is 46.6 Å². The van der Waals surface area contributed by atoms with Gasteiger partial charge in [0.15, 0.2) is 0 Å². The fourth-order valence-corrected chi connectivity index (χ4v) is 4.33. The molecule has 0 N–H and O–H groups in total. The smallest absolute Gasteiger partial charge is 0.293 e. The van der Waals surface area contributed by atoms with Gasteiger partial charge in [0.1, 0.15) is 18.2 Å². The Labute approximate surface area is 194 Å². The van der Waals surface area contributed by atoms with Gasteiger partial charge in [-0.05, 0) is 59.7 Å². The SMILES string of the molecule is O=C1S/C(=C/c2cccc(OCc3c(F)cccc3Cl)c2)C(=O)N1CCc1ccccc1. The van der Waals surface area contributed by atoms with E-state index in [2.05, 4.69) is 0 Å². The molecular weight excluding hydrogens is 449 g/mol. The number of nitrogens with zero attached hydrogens (tertiary/aromatic N) is 1. The first-order valence-corrected chi connectivity index (χ1v) is 11.2. The van der Waals surface area contributed by atoms with Crippen molar-refractivity contribution in [3.05, 3.63) is 105 Å². The molecule has 7 heteroatoms. The molecule has 4 rings (SSSR count). The van der Waals surface area contributed by atoms with Crippen LogP contribution < -0.4 is 4.74 Å². The lowest BCUT2D eigenvalue weighted by atomic mass is 10.1. The van der Waals surface area contributed by atoms with Crippen molar-refractivity contribution in [2.24, 2.45) is 0 Å². The molecule has 1 fully saturated rings. The van der Waals surface area contributed by atoms with Crippen molar-refractivity contribution in [2.45, 2.75) is 13.0 Å². The molecule has 0 saturated carbocycles. The minimum atomic E-state index is -0.433. The number of rotatable bonds is 7. The molecule has 0 radical (unpaired) electrons. The maximum Gasteiger partial charge on any atom is 0.293 e. The standard InChI is InChI=1S/C25H19ClFNO3S/c26-21-10-5-11-22(27)20(21)16-31-19-9-4-8-18(14-19)15-23-24(29)28(25(30)32-23)13-12-17-6-2-1-3-7-17/h1-11,14-15H,12-13,16H2/b23-15+. The van der Waals surface area contributed by atoms with Gasteiger partial charge in [-0.15, -0.1) is 0 Å². The summed E-state index contributed by atoms with van der Waals surface area (Å²) in [6.45, 7) is 0.309. The second-order valence-corrected chi connectivity index (χ2v) is 8.53. The summed E-state index contributed by atoms with van der Waals surface area (Å²) in [6, 6.07) is 21.2. The van der Waals surface area contributed by atoms with Crippen LogP contribution in [0, 0.1) is 5.82 Å².